The zero-order valence-corrected chi connectivity index (χ0v) is 16.0. The number of hydrogen-bond acceptors (Lipinski definition) is 8. The highest BCUT2D eigenvalue weighted by atomic mass is 32.1. The molecule has 1 N–H and O–H groups in total. The third-order valence-corrected chi connectivity index (χ3v) is 5.07. The van der Waals surface area contributed by atoms with Crippen LogP contribution in [-0.2, 0) is 9.53 Å². The summed E-state index contributed by atoms with van der Waals surface area (Å²) in [6, 6.07) is -0.878. The van der Waals surface area contributed by atoms with E-state index in [1.54, 1.807) is 13.8 Å². The molecule has 11 heteroatoms. The average molecular weight is 394 g/mol. The third kappa shape index (κ3) is 4.19. The van der Waals surface area contributed by atoms with Crippen molar-refractivity contribution in [2.24, 2.45) is 0 Å². The van der Waals surface area contributed by atoms with E-state index in [9.17, 15) is 24.5 Å². The lowest BCUT2D eigenvalue weighted by atomic mass is 10.1. The van der Waals surface area contributed by atoms with E-state index in [4.69, 9.17) is 4.74 Å². The highest BCUT2D eigenvalue weighted by Crippen LogP contribution is 2.34. The van der Waals surface area contributed by atoms with E-state index in [-0.39, 0.29) is 28.6 Å². The van der Waals surface area contributed by atoms with Gasteiger partial charge in [0, 0.05) is 0 Å². The number of aromatic nitrogens is 2. The Balaban J connectivity index is 2.32. The van der Waals surface area contributed by atoms with Gasteiger partial charge in [0.2, 0.25) is 5.91 Å². The minimum atomic E-state index is -0.878. The summed E-state index contributed by atoms with van der Waals surface area (Å²) >= 11 is 0.979. The monoisotopic (exact) mass is 394 g/mol. The smallest absolute Gasteiger partial charge is 0.341 e. The molecule has 0 bridgehead atoms. The number of esters is 1. The number of hydrogen-bond donors (Lipinski definition) is 1. The molecule has 144 valence electrons. The van der Waals surface area contributed by atoms with Crippen molar-refractivity contribution in [3.8, 4) is 0 Å². The average Bonchev–Trinajstić information content (AvgIpc) is 3.19. The largest absolute Gasteiger partial charge is 0.462 e. The summed E-state index contributed by atoms with van der Waals surface area (Å²) in [6.07, 6.45) is 2.17. The first-order valence-corrected chi connectivity index (χ1v) is 8.79. The van der Waals surface area contributed by atoms with Crippen molar-refractivity contribution >= 4 is 39.7 Å². The van der Waals surface area contributed by atoms with E-state index >= 15 is 0 Å². The molecule has 0 aliphatic heterocycles. The van der Waals surface area contributed by atoms with Gasteiger partial charge in [0.25, 0.3) is 0 Å². The molecule has 0 saturated carbocycles. The number of nitrogens with one attached hydrogen (secondary N) is 1. The Bertz CT molecular complexity index is 916. The maximum Gasteiger partial charge on any atom is 0.341 e. The Morgan fingerprint density at radius 3 is 2.63 bits per heavy atom. The van der Waals surface area contributed by atoms with Crippen LogP contribution < -0.4 is 5.32 Å². The fourth-order valence-electron chi connectivity index (χ4n) is 2.36. The Hall–Kier alpha value is -3.08. The van der Waals surface area contributed by atoms with Crippen molar-refractivity contribution in [1.82, 2.24) is 9.78 Å². The van der Waals surface area contributed by atoms with Crippen LogP contribution in [0.2, 0.25) is 0 Å². The molecular weight excluding hydrogens is 376 g/mol. The number of carbonyl (C=O) groups is 3. The van der Waals surface area contributed by atoms with Gasteiger partial charge in [-0.05, 0) is 33.3 Å². The number of carbonyl (C=O) groups excluding carboxylic acids is 3. The lowest BCUT2D eigenvalue weighted by molar-refractivity contribution is -0.385. The van der Waals surface area contributed by atoms with Crippen LogP contribution in [0.1, 0.15) is 52.4 Å². The number of nitro groups is 1. The highest BCUT2D eigenvalue weighted by Gasteiger charge is 2.27. The van der Waals surface area contributed by atoms with Crippen molar-refractivity contribution in [2.45, 2.75) is 33.7 Å². The number of nitrogens with zero attached hydrogens (tertiary/aromatic N) is 3. The van der Waals surface area contributed by atoms with Gasteiger partial charge in [0.05, 0.1) is 22.0 Å². The van der Waals surface area contributed by atoms with E-state index in [0.29, 0.717) is 10.4 Å². The molecule has 0 spiro atoms. The fourth-order valence-corrected chi connectivity index (χ4v) is 3.45. The quantitative estimate of drug-likeness (QED) is 0.330. The van der Waals surface area contributed by atoms with E-state index in [2.05, 4.69) is 10.4 Å². The Morgan fingerprint density at radius 2 is 2.11 bits per heavy atom. The topological polar surface area (TPSA) is 133 Å². The number of thiophene rings is 1. The van der Waals surface area contributed by atoms with Gasteiger partial charge >= 0.3 is 11.7 Å². The first kappa shape index (κ1) is 20.2. The maximum atomic E-state index is 12.5. The zero-order valence-electron chi connectivity index (χ0n) is 15.1. The normalized spacial score (nSPS) is 11.7. The second-order valence-electron chi connectivity index (χ2n) is 5.64. The Morgan fingerprint density at radius 1 is 1.44 bits per heavy atom. The molecule has 2 aromatic rings. The third-order valence-electron chi connectivity index (χ3n) is 3.76. The summed E-state index contributed by atoms with van der Waals surface area (Å²) in [6.45, 7) is 6.27. The van der Waals surface area contributed by atoms with Gasteiger partial charge in [0.15, 0.2) is 5.78 Å². The maximum absolute atomic E-state index is 12.5. The van der Waals surface area contributed by atoms with Gasteiger partial charge in [-0.1, -0.05) is 0 Å². The molecule has 2 heterocycles. The first-order chi connectivity index (χ1) is 12.7. The van der Waals surface area contributed by atoms with Crippen LogP contribution >= 0.6 is 11.3 Å². The van der Waals surface area contributed by atoms with Gasteiger partial charge in [-0.25, -0.2) is 4.79 Å². The molecule has 0 radical (unpaired) electrons. The number of amides is 1. The summed E-state index contributed by atoms with van der Waals surface area (Å²) in [5.41, 5.74) is 0.315. The molecule has 0 aromatic carbocycles. The molecule has 0 fully saturated rings. The van der Waals surface area contributed by atoms with E-state index in [1.807, 2.05) is 0 Å². The van der Waals surface area contributed by atoms with E-state index < -0.39 is 22.8 Å². The summed E-state index contributed by atoms with van der Waals surface area (Å²) in [7, 11) is 0. The van der Waals surface area contributed by atoms with Gasteiger partial charge in [-0.2, -0.15) is 5.10 Å². The van der Waals surface area contributed by atoms with Crippen molar-refractivity contribution in [3.63, 3.8) is 0 Å². The first-order valence-electron chi connectivity index (χ1n) is 7.98. The molecule has 0 aliphatic carbocycles. The van der Waals surface area contributed by atoms with Crippen LogP contribution in [0.25, 0.3) is 0 Å². The highest BCUT2D eigenvalue weighted by molar-refractivity contribution is 7.18. The van der Waals surface area contributed by atoms with Crippen LogP contribution in [0, 0.1) is 17.0 Å². The molecule has 1 atom stereocenters. The predicted molar refractivity (Wildman–Crippen MR) is 97.2 cm³/mol. The molecule has 0 aliphatic rings. The summed E-state index contributed by atoms with van der Waals surface area (Å²) in [5, 5.41) is 17.4. The molecule has 0 saturated heterocycles. The second-order valence-corrected chi connectivity index (χ2v) is 6.66. The SMILES string of the molecule is CCOC(=O)c1c(NC(=O)[C@H](C)n2cc([N+](=O)[O-])cn2)sc(C(C)=O)c1C. The number of rotatable bonds is 7. The number of ether oxygens (including phenoxy) is 1. The van der Waals surface area contributed by atoms with E-state index in [0.717, 1.165) is 28.4 Å². The number of Topliss-reactive ketones (excluding diaryl/α,β-unsaturated/α-hetero) is 1. The van der Waals surface area contributed by atoms with Crippen LogP contribution in [0.3, 0.4) is 0 Å². The minimum Gasteiger partial charge on any atom is -0.462 e. The summed E-state index contributed by atoms with van der Waals surface area (Å²) < 4.78 is 6.15. The molecule has 2 rings (SSSR count). The molecule has 10 nitrogen and oxygen atoms in total. The Kier molecular flexibility index (Phi) is 6.05. The van der Waals surface area contributed by atoms with Crippen LogP contribution in [0.5, 0.6) is 0 Å². The molecule has 0 unspecified atom stereocenters. The number of ketones is 1. The van der Waals surface area contributed by atoms with Crippen molar-refractivity contribution < 1.29 is 24.0 Å². The second kappa shape index (κ2) is 8.08. The zero-order chi connectivity index (χ0) is 20.3. The van der Waals surface area contributed by atoms with Crippen LogP contribution in [0.4, 0.5) is 10.7 Å². The van der Waals surface area contributed by atoms with Gasteiger partial charge in [-0.3, -0.25) is 24.4 Å². The lowest BCUT2D eigenvalue weighted by Crippen LogP contribution is -2.24. The van der Waals surface area contributed by atoms with Gasteiger partial charge < -0.3 is 10.1 Å². The Labute approximate surface area is 158 Å². The van der Waals surface area contributed by atoms with Crippen molar-refractivity contribution in [1.29, 1.82) is 0 Å². The van der Waals surface area contributed by atoms with Gasteiger partial charge in [0.1, 0.15) is 23.4 Å². The van der Waals surface area contributed by atoms with Crippen molar-refractivity contribution in [3.05, 3.63) is 38.5 Å². The van der Waals surface area contributed by atoms with Gasteiger partial charge in [-0.15, -0.1) is 11.3 Å². The van der Waals surface area contributed by atoms with Crippen LogP contribution in [-0.4, -0.2) is 39.0 Å². The summed E-state index contributed by atoms with van der Waals surface area (Å²) in [5.74, 6) is -1.43. The lowest BCUT2D eigenvalue weighted by Gasteiger charge is -2.12. The molecule has 2 aromatic heterocycles. The van der Waals surface area contributed by atoms with Crippen molar-refractivity contribution in [2.75, 3.05) is 11.9 Å². The molecule has 1 amide bonds. The minimum absolute atomic E-state index is 0.124. The fraction of sp³-hybridized carbons (Fsp3) is 0.375. The predicted octanol–water partition coefficient (Wildman–Crippen LogP) is 2.74. The number of anilines is 1. The van der Waals surface area contributed by atoms with Crippen LogP contribution in [0.15, 0.2) is 12.4 Å². The van der Waals surface area contributed by atoms with E-state index in [1.165, 1.54) is 13.8 Å². The molecular formula is C16H18N4O6S. The standard InChI is InChI=1S/C16H18N4O6S/c1-5-26-16(23)12-8(2)13(10(4)21)27-15(12)18-14(22)9(3)19-7-11(6-17-19)20(24)25/h6-7,9H,5H2,1-4H3,(H,18,22)/t9-/m0/s1. The summed E-state index contributed by atoms with van der Waals surface area (Å²) in [4.78, 5) is 47.1. The molecule has 27 heavy (non-hydrogen) atoms.